The number of nitrogens with zero attached hydrogens (tertiary/aromatic N) is 4. The van der Waals surface area contributed by atoms with E-state index in [1.807, 2.05) is 152 Å². The maximum Gasteiger partial charge on any atom is 0.171 e. The molecule has 0 aliphatic heterocycles. The molecule has 0 bridgehead atoms. The van der Waals surface area contributed by atoms with Crippen LogP contribution >= 0.6 is 7.14 Å². The number of hydrogen-bond acceptors (Lipinski definition) is 5. The smallest absolute Gasteiger partial charge is 0.171 e. The Labute approximate surface area is 361 Å². The lowest BCUT2D eigenvalue weighted by atomic mass is 10.0. The van der Waals surface area contributed by atoms with Gasteiger partial charge in [-0.15, -0.1) is 0 Å². The molecular formula is C56H39N4OP. The SMILES string of the molecule is O=P(c1ccccc1)(c1ccccc1)c1cccc(-c2cccc(-c3cccc(-c4nc(-c5ccc(-c6ccccc6)cc5)nc(-c5ccc(-c6ccccc6)cc5)n4)c3)n2)c1. The van der Waals surface area contributed by atoms with Crippen LogP contribution in [0.1, 0.15) is 0 Å². The van der Waals surface area contributed by atoms with Crippen LogP contribution in [0.2, 0.25) is 0 Å². The molecule has 0 aliphatic rings. The van der Waals surface area contributed by atoms with Gasteiger partial charge in [0.2, 0.25) is 0 Å². The Morgan fingerprint density at radius 2 is 0.565 bits per heavy atom. The topological polar surface area (TPSA) is 68.6 Å². The summed E-state index contributed by atoms with van der Waals surface area (Å²) in [6.45, 7) is 0. The zero-order chi connectivity index (χ0) is 41.7. The van der Waals surface area contributed by atoms with Gasteiger partial charge in [-0.2, -0.15) is 0 Å². The summed E-state index contributed by atoms with van der Waals surface area (Å²) in [5, 5.41) is 2.34. The van der Waals surface area contributed by atoms with Crippen molar-refractivity contribution in [2.75, 3.05) is 0 Å². The number of aromatic nitrogens is 4. The van der Waals surface area contributed by atoms with Crippen molar-refractivity contribution in [3.05, 3.63) is 237 Å². The third-order valence-corrected chi connectivity index (χ3v) is 14.1. The molecule has 8 aromatic carbocycles. The molecule has 0 unspecified atom stereocenters. The fourth-order valence-corrected chi connectivity index (χ4v) is 10.5. The summed E-state index contributed by atoms with van der Waals surface area (Å²) in [5.74, 6) is 1.74. The van der Waals surface area contributed by atoms with Gasteiger partial charge in [-0.1, -0.05) is 212 Å². The molecular weight excluding hydrogens is 776 g/mol. The Balaban J connectivity index is 1.02. The number of rotatable bonds is 10. The fraction of sp³-hybridized carbons (Fsp3) is 0. The normalized spacial score (nSPS) is 11.3. The standard InChI is InChI=1S/C56H39N4OP/c61-62(49-23-9-3-10-24-49,50-25-11-4-12-26-50)51-27-14-21-47(39-51)53-29-15-28-52(57-53)46-20-13-22-48(38-46)56-59-54(44-34-30-42(31-35-44)40-16-5-1-6-17-40)58-55(60-56)45-36-32-43(33-37-45)41-18-7-2-8-19-41/h1-39H. The number of benzene rings is 8. The van der Waals surface area contributed by atoms with Gasteiger partial charge in [0, 0.05) is 43.7 Å². The zero-order valence-electron chi connectivity index (χ0n) is 33.7. The van der Waals surface area contributed by atoms with Crippen molar-refractivity contribution >= 4 is 23.1 Å². The first-order valence-corrected chi connectivity index (χ1v) is 22.3. The molecule has 2 aromatic heterocycles. The van der Waals surface area contributed by atoms with E-state index in [4.69, 9.17) is 19.9 Å². The van der Waals surface area contributed by atoms with Crippen LogP contribution in [0.15, 0.2) is 237 Å². The van der Waals surface area contributed by atoms with Gasteiger partial charge in [0.05, 0.1) is 11.4 Å². The summed E-state index contributed by atoms with van der Waals surface area (Å²) in [4.78, 5) is 20.4. The Hall–Kier alpha value is -7.85. The number of pyridine rings is 1. The minimum atomic E-state index is -3.17. The van der Waals surface area contributed by atoms with Crippen LogP contribution in [0, 0.1) is 0 Å². The van der Waals surface area contributed by atoms with Crippen molar-refractivity contribution in [1.29, 1.82) is 0 Å². The fourth-order valence-electron chi connectivity index (χ4n) is 7.81. The largest absolute Gasteiger partial charge is 0.309 e. The van der Waals surface area contributed by atoms with Crippen LogP contribution in [0.4, 0.5) is 0 Å². The second kappa shape index (κ2) is 17.0. The third-order valence-electron chi connectivity index (χ3n) is 11.0. The molecule has 0 radical (unpaired) electrons. The summed E-state index contributed by atoms with van der Waals surface area (Å²) in [7, 11) is -3.17. The lowest BCUT2D eigenvalue weighted by Crippen LogP contribution is -2.25. The van der Waals surface area contributed by atoms with E-state index >= 15 is 4.57 Å². The highest BCUT2D eigenvalue weighted by Crippen LogP contribution is 2.43. The molecule has 0 atom stereocenters. The molecule has 6 heteroatoms. The van der Waals surface area contributed by atoms with Crippen molar-refractivity contribution < 1.29 is 4.57 Å². The van der Waals surface area contributed by atoms with Crippen LogP contribution in [0.3, 0.4) is 0 Å². The van der Waals surface area contributed by atoms with Crippen LogP contribution < -0.4 is 15.9 Å². The minimum absolute atomic E-state index is 0.563. The van der Waals surface area contributed by atoms with Gasteiger partial charge < -0.3 is 4.57 Å². The van der Waals surface area contributed by atoms with Crippen LogP contribution in [-0.2, 0) is 4.57 Å². The second-order valence-corrected chi connectivity index (χ2v) is 17.8. The highest BCUT2D eigenvalue weighted by atomic mass is 31.2. The van der Waals surface area contributed by atoms with Crippen molar-refractivity contribution in [2.45, 2.75) is 0 Å². The second-order valence-electron chi connectivity index (χ2n) is 15.0. The van der Waals surface area contributed by atoms with E-state index in [0.717, 1.165) is 77.4 Å². The molecule has 0 fully saturated rings. The van der Waals surface area contributed by atoms with Gasteiger partial charge in [0.25, 0.3) is 0 Å². The van der Waals surface area contributed by atoms with E-state index < -0.39 is 7.14 Å². The van der Waals surface area contributed by atoms with Crippen molar-refractivity contribution in [1.82, 2.24) is 19.9 Å². The Morgan fingerprint density at radius 3 is 1.05 bits per heavy atom. The van der Waals surface area contributed by atoms with E-state index in [9.17, 15) is 0 Å². The summed E-state index contributed by atoms with van der Waals surface area (Å²) in [6, 6.07) is 79.1. The summed E-state index contributed by atoms with van der Waals surface area (Å²) in [5.41, 5.74) is 10.6. The van der Waals surface area contributed by atoms with Crippen molar-refractivity contribution in [3.63, 3.8) is 0 Å². The molecule has 10 aromatic rings. The van der Waals surface area contributed by atoms with Gasteiger partial charge in [0.1, 0.15) is 0 Å². The van der Waals surface area contributed by atoms with Gasteiger partial charge in [-0.3, -0.25) is 0 Å². The first-order chi connectivity index (χ1) is 30.6. The van der Waals surface area contributed by atoms with E-state index in [2.05, 4.69) is 84.9 Å². The average Bonchev–Trinajstić information content (AvgIpc) is 3.37. The predicted octanol–water partition coefficient (Wildman–Crippen LogP) is 12.6. The maximum atomic E-state index is 15.2. The van der Waals surface area contributed by atoms with Gasteiger partial charge >= 0.3 is 0 Å². The molecule has 2 heterocycles. The first kappa shape index (κ1) is 38.4. The van der Waals surface area contributed by atoms with E-state index in [1.54, 1.807) is 0 Å². The Bertz CT molecular complexity index is 3030. The summed E-state index contributed by atoms with van der Waals surface area (Å²) in [6.07, 6.45) is 0. The molecule has 0 aliphatic carbocycles. The Morgan fingerprint density at radius 1 is 0.242 bits per heavy atom. The predicted molar refractivity (Wildman–Crippen MR) is 255 cm³/mol. The minimum Gasteiger partial charge on any atom is -0.309 e. The van der Waals surface area contributed by atoms with Gasteiger partial charge in [-0.05, 0) is 46.5 Å². The monoisotopic (exact) mass is 814 g/mol. The molecule has 62 heavy (non-hydrogen) atoms. The molecule has 294 valence electrons. The van der Waals surface area contributed by atoms with Crippen LogP contribution in [-0.4, -0.2) is 19.9 Å². The first-order valence-electron chi connectivity index (χ1n) is 20.6. The zero-order valence-corrected chi connectivity index (χ0v) is 34.6. The Kier molecular flexibility index (Phi) is 10.5. The maximum absolute atomic E-state index is 15.2. The summed E-state index contributed by atoms with van der Waals surface area (Å²) >= 11 is 0. The number of hydrogen-bond donors (Lipinski definition) is 0. The molecule has 0 saturated carbocycles. The average molecular weight is 815 g/mol. The quantitative estimate of drug-likeness (QED) is 0.129. The molecule has 5 nitrogen and oxygen atoms in total. The highest BCUT2D eigenvalue weighted by molar-refractivity contribution is 7.85. The summed E-state index contributed by atoms with van der Waals surface area (Å²) < 4.78 is 15.2. The van der Waals surface area contributed by atoms with Crippen LogP contribution in [0.25, 0.3) is 78.9 Å². The molecule has 0 N–H and O–H groups in total. The lowest BCUT2D eigenvalue weighted by Gasteiger charge is -2.20. The van der Waals surface area contributed by atoms with Crippen LogP contribution in [0.5, 0.6) is 0 Å². The molecule has 0 spiro atoms. The molecule has 0 saturated heterocycles. The van der Waals surface area contributed by atoms with Crippen molar-refractivity contribution in [2.24, 2.45) is 0 Å². The van der Waals surface area contributed by atoms with E-state index in [-0.39, 0.29) is 0 Å². The highest BCUT2D eigenvalue weighted by Gasteiger charge is 2.30. The van der Waals surface area contributed by atoms with Gasteiger partial charge in [0.15, 0.2) is 24.6 Å². The third kappa shape index (κ3) is 7.81. The van der Waals surface area contributed by atoms with Gasteiger partial charge in [-0.25, -0.2) is 19.9 Å². The molecule has 10 rings (SSSR count). The van der Waals surface area contributed by atoms with E-state index in [0.29, 0.717) is 17.5 Å². The molecule has 0 amide bonds. The lowest BCUT2D eigenvalue weighted by molar-refractivity contribution is 0.592. The van der Waals surface area contributed by atoms with E-state index in [1.165, 1.54) is 0 Å². The van der Waals surface area contributed by atoms with Crippen molar-refractivity contribution in [3.8, 4) is 78.9 Å².